The number of benzene rings is 3. The molecule has 0 aliphatic carbocycles. The molecule has 1 atom stereocenters. The van der Waals surface area contributed by atoms with Crippen molar-refractivity contribution in [3.8, 4) is 22.9 Å². The van der Waals surface area contributed by atoms with Crippen LogP contribution in [0.5, 0.6) is 11.5 Å². The van der Waals surface area contributed by atoms with Crippen LogP contribution in [-0.2, 0) is 17.6 Å². The molecule has 1 unspecified atom stereocenters. The molecule has 5 aromatic rings. The van der Waals surface area contributed by atoms with E-state index in [1.807, 2.05) is 6.07 Å². The lowest BCUT2D eigenvalue weighted by Gasteiger charge is -2.35. The van der Waals surface area contributed by atoms with Crippen LogP contribution in [0.3, 0.4) is 0 Å². The lowest BCUT2D eigenvalue weighted by molar-refractivity contribution is -0.120. The summed E-state index contributed by atoms with van der Waals surface area (Å²) in [6, 6.07) is 10.8. The molecule has 46 heavy (non-hydrogen) atoms. The average molecular weight is 656 g/mol. The Hall–Kier alpha value is -4.36. The van der Waals surface area contributed by atoms with E-state index in [4.69, 9.17) is 4.74 Å². The molecule has 3 aromatic carbocycles. The second-order valence-electron chi connectivity index (χ2n) is 10.9. The van der Waals surface area contributed by atoms with Gasteiger partial charge in [0.05, 0.1) is 28.7 Å². The highest BCUT2D eigenvalue weighted by Gasteiger charge is 2.36. The topological polar surface area (TPSA) is 86.0 Å². The van der Waals surface area contributed by atoms with E-state index in [9.17, 15) is 13.6 Å². The Morgan fingerprint density at radius 3 is 2.74 bits per heavy atom. The van der Waals surface area contributed by atoms with Crippen molar-refractivity contribution in [1.82, 2.24) is 25.2 Å². The number of carbonyl (C=O) groups excluding carboxylic acids is 1. The SMILES string of the molecule is CNC(=O)CCc1cccc(C2c3nc(-c4cc(Oc5c(F)cc6[nH]ccc6c5SC)ccc4F)[nH]c3CCN2CC(F)F)c1F. The van der Waals surface area contributed by atoms with Crippen LogP contribution in [0.1, 0.15) is 35.0 Å². The Balaban J connectivity index is 1.38. The maximum atomic E-state index is 15.9. The third kappa shape index (κ3) is 6.08. The Labute approximate surface area is 265 Å². The molecule has 0 fully saturated rings. The molecule has 1 aliphatic heterocycles. The maximum absolute atomic E-state index is 15.9. The fraction of sp³-hybridized carbons (Fsp3) is 0.273. The number of nitrogens with zero attached hydrogens (tertiary/aromatic N) is 2. The van der Waals surface area contributed by atoms with E-state index in [1.54, 1.807) is 24.6 Å². The van der Waals surface area contributed by atoms with Crippen LogP contribution in [-0.4, -0.2) is 58.6 Å². The van der Waals surface area contributed by atoms with Gasteiger partial charge >= 0.3 is 0 Å². The summed E-state index contributed by atoms with van der Waals surface area (Å²) >= 11 is 1.31. The molecule has 3 N–H and O–H groups in total. The molecule has 3 heterocycles. The Morgan fingerprint density at radius 2 is 1.98 bits per heavy atom. The fourth-order valence-corrected chi connectivity index (χ4v) is 6.63. The number of amides is 1. The van der Waals surface area contributed by atoms with Crippen molar-refractivity contribution in [1.29, 1.82) is 0 Å². The Morgan fingerprint density at radius 1 is 1.15 bits per heavy atom. The number of hydrogen-bond donors (Lipinski definition) is 3. The summed E-state index contributed by atoms with van der Waals surface area (Å²) in [6.45, 7) is -0.448. The summed E-state index contributed by atoms with van der Waals surface area (Å²) in [5.41, 5.74) is 1.88. The number of fused-ring (bicyclic) bond motifs is 2. The van der Waals surface area contributed by atoms with Crippen molar-refractivity contribution in [2.75, 3.05) is 26.4 Å². The first-order valence-electron chi connectivity index (χ1n) is 14.6. The monoisotopic (exact) mass is 655 g/mol. The molecule has 0 spiro atoms. The maximum Gasteiger partial charge on any atom is 0.251 e. The van der Waals surface area contributed by atoms with E-state index in [2.05, 4.69) is 20.3 Å². The summed E-state index contributed by atoms with van der Waals surface area (Å²) in [5, 5.41) is 3.27. The van der Waals surface area contributed by atoms with Gasteiger partial charge in [0, 0.05) is 60.9 Å². The first-order valence-corrected chi connectivity index (χ1v) is 15.8. The van der Waals surface area contributed by atoms with E-state index < -0.39 is 36.5 Å². The molecule has 1 aliphatic rings. The largest absolute Gasteiger partial charge is 0.453 e. The standard InChI is InChI=1S/C33H30F5N5O2S/c1-39-27(44)9-6-17-4-3-5-20(28(17)38)30-29-24(11-13-43(30)16-26(36)37)41-33(42-29)21-14-18(7-8-22(21)34)45-31-23(35)15-25-19(10-12-40-25)32(31)46-2/h3-5,7-8,10,12,14-15,26,30,40H,6,9,11,13,16H2,1-2H3,(H,39,44)(H,41,42). The van der Waals surface area contributed by atoms with E-state index >= 15 is 13.2 Å². The predicted octanol–water partition coefficient (Wildman–Crippen LogP) is 7.38. The quantitative estimate of drug-likeness (QED) is 0.108. The minimum atomic E-state index is -2.69. The number of thioether (sulfide) groups is 1. The summed E-state index contributed by atoms with van der Waals surface area (Å²) < 4.78 is 79.8. The predicted molar refractivity (Wildman–Crippen MR) is 166 cm³/mol. The molecule has 0 bridgehead atoms. The second-order valence-corrected chi connectivity index (χ2v) is 11.7. The first-order chi connectivity index (χ1) is 22.2. The van der Waals surface area contributed by atoms with Crippen LogP contribution >= 0.6 is 11.8 Å². The average Bonchev–Trinajstić information content (AvgIpc) is 3.68. The van der Waals surface area contributed by atoms with Gasteiger partial charge < -0.3 is 20.0 Å². The number of alkyl halides is 2. The van der Waals surface area contributed by atoms with Crippen LogP contribution in [0.25, 0.3) is 22.3 Å². The van der Waals surface area contributed by atoms with Crippen molar-refractivity contribution in [2.45, 2.75) is 36.6 Å². The molecular weight excluding hydrogens is 625 g/mol. The molecule has 0 saturated heterocycles. The number of hydrogen-bond acceptors (Lipinski definition) is 5. The third-order valence-corrected chi connectivity index (χ3v) is 8.91. The normalized spacial score (nSPS) is 15.0. The fourth-order valence-electron chi connectivity index (χ4n) is 5.91. The minimum absolute atomic E-state index is 0.00891. The van der Waals surface area contributed by atoms with Crippen LogP contribution in [0.2, 0.25) is 0 Å². The van der Waals surface area contributed by atoms with Crippen molar-refractivity contribution in [3.63, 3.8) is 0 Å². The Bertz CT molecular complexity index is 1910. The van der Waals surface area contributed by atoms with E-state index in [-0.39, 0.29) is 59.3 Å². The number of rotatable bonds is 10. The van der Waals surface area contributed by atoms with Gasteiger partial charge in [-0.05, 0) is 42.5 Å². The lowest BCUT2D eigenvalue weighted by Crippen LogP contribution is -2.39. The highest BCUT2D eigenvalue weighted by atomic mass is 32.2. The zero-order valence-corrected chi connectivity index (χ0v) is 25.7. The molecule has 1 amide bonds. The van der Waals surface area contributed by atoms with Crippen molar-refractivity contribution < 1.29 is 31.5 Å². The molecular formula is C33H30F5N5O2S. The zero-order chi connectivity index (χ0) is 32.5. The number of aryl methyl sites for hydroxylation is 1. The smallest absolute Gasteiger partial charge is 0.251 e. The number of carbonyl (C=O) groups is 1. The number of nitrogens with one attached hydrogen (secondary N) is 3. The van der Waals surface area contributed by atoms with Gasteiger partial charge in [0.25, 0.3) is 6.43 Å². The number of aromatic nitrogens is 3. The first kappa shape index (κ1) is 31.6. The lowest BCUT2D eigenvalue weighted by atomic mass is 9.93. The molecule has 13 heteroatoms. The molecule has 0 saturated carbocycles. The van der Waals surface area contributed by atoms with E-state index in [1.165, 1.54) is 54.0 Å². The van der Waals surface area contributed by atoms with Gasteiger partial charge in [-0.2, -0.15) is 0 Å². The van der Waals surface area contributed by atoms with Gasteiger partial charge in [0.1, 0.15) is 23.2 Å². The number of aromatic amines is 2. The molecule has 7 nitrogen and oxygen atoms in total. The number of H-pyrrole nitrogens is 2. The van der Waals surface area contributed by atoms with E-state index in [0.29, 0.717) is 28.2 Å². The summed E-state index contributed by atoms with van der Waals surface area (Å²) in [6.07, 6.45) is 1.27. The molecule has 6 rings (SSSR count). The molecule has 0 radical (unpaired) electrons. The summed E-state index contributed by atoms with van der Waals surface area (Å²) in [4.78, 5) is 24.6. The van der Waals surface area contributed by atoms with Crippen molar-refractivity contribution >= 4 is 28.6 Å². The van der Waals surface area contributed by atoms with Gasteiger partial charge in [-0.25, -0.2) is 26.9 Å². The second kappa shape index (κ2) is 13.2. The highest BCUT2D eigenvalue weighted by Crippen LogP contribution is 2.42. The van der Waals surface area contributed by atoms with Crippen LogP contribution < -0.4 is 10.1 Å². The summed E-state index contributed by atoms with van der Waals surface area (Å²) in [5.74, 6) is -1.87. The van der Waals surface area contributed by atoms with E-state index in [0.717, 1.165) is 5.39 Å². The van der Waals surface area contributed by atoms with Crippen LogP contribution in [0, 0.1) is 17.5 Å². The number of imidazole rings is 1. The minimum Gasteiger partial charge on any atom is -0.453 e. The highest BCUT2D eigenvalue weighted by molar-refractivity contribution is 7.99. The zero-order valence-electron chi connectivity index (χ0n) is 24.9. The van der Waals surface area contributed by atoms with Gasteiger partial charge in [0.15, 0.2) is 11.6 Å². The third-order valence-electron chi connectivity index (χ3n) is 8.09. The van der Waals surface area contributed by atoms with Crippen LogP contribution in [0.4, 0.5) is 22.0 Å². The van der Waals surface area contributed by atoms with Gasteiger partial charge in [-0.15, -0.1) is 11.8 Å². The van der Waals surface area contributed by atoms with Gasteiger partial charge in [0.2, 0.25) is 5.91 Å². The van der Waals surface area contributed by atoms with Crippen molar-refractivity contribution in [3.05, 3.63) is 94.7 Å². The number of halogens is 5. The van der Waals surface area contributed by atoms with Crippen molar-refractivity contribution in [2.24, 2.45) is 0 Å². The van der Waals surface area contributed by atoms with Gasteiger partial charge in [-0.3, -0.25) is 9.69 Å². The van der Waals surface area contributed by atoms with Gasteiger partial charge in [-0.1, -0.05) is 18.2 Å². The molecule has 2 aromatic heterocycles. The van der Waals surface area contributed by atoms with Crippen LogP contribution in [0.15, 0.2) is 59.6 Å². The number of ether oxygens (including phenoxy) is 1. The summed E-state index contributed by atoms with van der Waals surface area (Å²) in [7, 11) is 1.49. The Kier molecular flexibility index (Phi) is 9.05. The molecule has 240 valence electrons.